The van der Waals surface area contributed by atoms with Crippen molar-refractivity contribution in [2.75, 3.05) is 18.4 Å². The molecule has 1 aromatic carbocycles. The van der Waals surface area contributed by atoms with Crippen LogP contribution in [0.25, 0.3) is 10.9 Å². The lowest BCUT2D eigenvalue weighted by atomic mass is 10.1. The summed E-state index contributed by atoms with van der Waals surface area (Å²) in [6.07, 6.45) is 3.36. The summed E-state index contributed by atoms with van der Waals surface area (Å²) >= 11 is 0. The van der Waals surface area contributed by atoms with Gasteiger partial charge in [-0.25, -0.2) is 4.39 Å². The molecule has 0 spiro atoms. The molecule has 25 heavy (non-hydrogen) atoms. The Morgan fingerprint density at radius 3 is 3.08 bits per heavy atom. The number of para-hydroxylation sites is 1. The number of hydrogen-bond donors (Lipinski definition) is 2. The van der Waals surface area contributed by atoms with Crippen LogP contribution in [0.15, 0.2) is 36.5 Å². The highest BCUT2D eigenvalue weighted by Gasteiger charge is 2.21. The fraction of sp³-hybridized carbons (Fsp3) is 0.278. The maximum atomic E-state index is 14.0. The zero-order valence-electron chi connectivity index (χ0n) is 13.6. The zero-order valence-corrected chi connectivity index (χ0v) is 13.6. The first kappa shape index (κ1) is 15.7. The smallest absolute Gasteiger partial charge is 0.239 e. The number of nitrogens with one attached hydrogen (secondary N) is 2. The SMILES string of the molecule is O=C(CN1CCCc2c([nH]c3c(F)cccc23)C1)Nc1cccnn1. The van der Waals surface area contributed by atoms with E-state index in [1.165, 1.54) is 6.07 Å². The molecule has 1 amide bonds. The molecular formula is C18H18FN5O. The number of nitrogens with zero attached hydrogens (tertiary/aromatic N) is 3. The molecule has 0 unspecified atom stereocenters. The lowest BCUT2D eigenvalue weighted by Gasteiger charge is -2.19. The topological polar surface area (TPSA) is 73.9 Å². The minimum atomic E-state index is -0.238. The normalized spacial score (nSPS) is 14.9. The number of benzene rings is 1. The van der Waals surface area contributed by atoms with E-state index in [1.807, 2.05) is 6.07 Å². The Kier molecular flexibility index (Phi) is 4.15. The molecule has 128 valence electrons. The summed E-state index contributed by atoms with van der Waals surface area (Å²) in [6.45, 7) is 1.67. The summed E-state index contributed by atoms with van der Waals surface area (Å²) in [4.78, 5) is 17.5. The van der Waals surface area contributed by atoms with Gasteiger partial charge in [-0.2, -0.15) is 5.10 Å². The minimum Gasteiger partial charge on any atom is -0.355 e. The lowest BCUT2D eigenvalue weighted by Crippen LogP contribution is -2.33. The number of anilines is 1. The van der Waals surface area contributed by atoms with Crippen LogP contribution in [0.2, 0.25) is 0 Å². The van der Waals surface area contributed by atoms with Gasteiger partial charge in [-0.1, -0.05) is 12.1 Å². The van der Waals surface area contributed by atoms with Crippen molar-refractivity contribution in [1.82, 2.24) is 20.1 Å². The molecule has 0 fully saturated rings. The Balaban J connectivity index is 1.50. The van der Waals surface area contributed by atoms with Crippen LogP contribution in [0.1, 0.15) is 17.7 Å². The number of amides is 1. The molecule has 0 radical (unpaired) electrons. The third kappa shape index (κ3) is 3.23. The number of carbonyl (C=O) groups is 1. The van der Waals surface area contributed by atoms with Gasteiger partial charge in [-0.05, 0) is 43.1 Å². The predicted molar refractivity (Wildman–Crippen MR) is 92.5 cm³/mol. The first-order valence-electron chi connectivity index (χ1n) is 8.28. The molecule has 2 N–H and O–H groups in total. The monoisotopic (exact) mass is 339 g/mol. The maximum Gasteiger partial charge on any atom is 0.239 e. The summed E-state index contributed by atoms with van der Waals surface area (Å²) in [6, 6.07) is 8.57. The van der Waals surface area contributed by atoms with Crippen molar-refractivity contribution in [3.63, 3.8) is 0 Å². The molecule has 4 rings (SSSR count). The van der Waals surface area contributed by atoms with Gasteiger partial charge < -0.3 is 10.3 Å². The summed E-state index contributed by atoms with van der Waals surface area (Å²) in [7, 11) is 0. The van der Waals surface area contributed by atoms with Crippen LogP contribution in [0, 0.1) is 5.82 Å². The Bertz CT molecular complexity index is 908. The van der Waals surface area contributed by atoms with Crippen LogP contribution in [-0.4, -0.2) is 39.1 Å². The molecular weight excluding hydrogens is 321 g/mol. The number of fused-ring (bicyclic) bond motifs is 3. The number of aromatic amines is 1. The molecule has 0 bridgehead atoms. The van der Waals surface area contributed by atoms with E-state index in [2.05, 4.69) is 25.4 Å². The van der Waals surface area contributed by atoms with Crippen molar-refractivity contribution in [2.45, 2.75) is 19.4 Å². The molecule has 3 aromatic rings. The lowest BCUT2D eigenvalue weighted by molar-refractivity contribution is -0.117. The van der Waals surface area contributed by atoms with Crippen molar-refractivity contribution in [3.8, 4) is 0 Å². The molecule has 0 atom stereocenters. The molecule has 3 heterocycles. The standard InChI is InChI=1S/C18H18FN5O/c19-14-6-1-4-13-12-5-3-9-24(10-15(12)21-18(13)14)11-17(25)22-16-7-2-8-20-23-16/h1-2,4,6-8,21H,3,5,9-11H2,(H,22,23,25). The fourth-order valence-corrected chi connectivity index (χ4v) is 3.38. The van der Waals surface area contributed by atoms with Gasteiger partial charge in [0.05, 0.1) is 12.1 Å². The van der Waals surface area contributed by atoms with Crippen LogP contribution in [-0.2, 0) is 17.8 Å². The van der Waals surface area contributed by atoms with Gasteiger partial charge in [0.25, 0.3) is 0 Å². The van der Waals surface area contributed by atoms with Gasteiger partial charge in [-0.15, -0.1) is 5.10 Å². The van der Waals surface area contributed by atoms with Crippen molar-refractivity contribution in [1.29, 1.82) is 0 Å². The van der Waals surface area contributed by atoms with Crippen molar-refractivity contribution in [2.24, 2.45) is 0 Å². The number of aryl methyl sites for hydroxylation is 1. The fourth-order valence-electron chi connectivity index (χ4n) is 3.38. The highest BCUT2D eigenvalue weighted by Crippen LogP contribution is 2.28. The van der Waals surface area contributed by atoms with Gasteiger partial charge in [0.15, 0.2) is 5.82 Å². The second-order valence-corrected chi connectivity index (χ2v) is 6.22. The first-order chi connectivity index (χ1) is 12.2. The van der Waals surface area contributed by atoms with E-state index in [0.29, 0.717) is 17.9 Å². The van der Waals surface area contributed by atoms with E-state index in [4.69, 9.17) is 0 Å². The van der Waals surface area contributed by atoms with Crippen LogP contribution in [0.5, 0.6) is 0 Å². The van der Waals surface area contributed by atoms with Crippen LogP contribution >= 0.6 is 0 Å². The minimum absolute atomic E-state index is 0.133. The van der Waals surface area contributed by atoms with Gasteiger partial charge in [-0.3, -0.25) is 9.69 Å². The van der Waals surface area contributed by atoms with Gasteiger partial charge in [0, 0.05) is 23.8 Å². The summed E-state index contributed by atoms with van der Waals surface area (Å²) in [5.74, 6) is 0.0689. The van der Waals surface area contributed by atoms with Crippen LogP contribution in [0.3, 0.4) is 0 Å². The third-order valence-corrected chi connectivity index (χ3v) is 4.47. The van der Waals surface area contributed by atoms with Crippen molar-refractivity contribution in [3.05, 3.63) is 53.6 Å². The Morgan fingerprint density at radius 1 is 1.32 bits per heavy atom. The van der Waals surface area contributed by atoms with E-state index < -0.39 is 0 Å². The third-order valence-electron chi connectivity index (χ3n) is 4.47. The highest BCUT2D eigenvalue weighted by atomic mass is 19.1. The number of H-pyrrole nitrogens is 1. The quantitative estimate of drug-likeness (QED) is 0.769. The molecule has 7 heteroatoms. The molecule has 1 aliphatic rings. The van der Waals surface area contributed by atoms with Crippen LogP contribution < -0.4 is 5.32 Å². The second-order valence-electron chi connectivity index (χ2n) is 6.22. The second kappa shape index (κ2) is 6.60. The van der Waals surface area contributed by atoms with Gasteiger partial charge in [0.1, 0.15) is 5.82 Å². The molecule has 2 aromatic heterocycles. The van der Waals surface area contributed by atoms with Crippen molar-refractivity contribution >= 4 is 22.6 Å². The van der Waals surface area contributed by atoms with E-state index in [1.54, 1.807) is 24.4 Å². The largest absolute Gasteiger partial charge is 0.355 e. The van der Waals surface area contributed by atoms with Gasteiger partial charge in [0.2, 0.25) is 5.91 Å². The zero-order chi connectivity index (χ0) is 17.2. The van der Waals surface area contributed by atoms with E-state index >= 15 is 0 Å². The highest BCUT2D eigenvalue weighted by molar-refractivity contribution is 5.91. The Morgan fingerprint density at radius 2 is 2.24 bits per heavy atom. The first-order valence-corrected chi connectivity index (χ1v) is 8.28. The predicted octanol–water partition coefficient (Wildman–Crippen LogP) is 2.48. The number of rotatable bonds is 3. The molecule has 0 saturated carbocycles. The summed E-state index contributed by atoms with van der Waals surface area (Å²) < 4.78 is 14.0. The molecule has 1 aliphatic heterocycles. The van der Waals surface area contributed by atoms with E-state index in [-0.39, 0.29) is 18.3 Å². The number of aromatic nitrogens is 3. The average molecular weight is 339 g/mol. The summed E-state index contributed by atoms with van der Waals surface area (Å²) in [5.41, 5.74) is 2.70. The van der Waals surface area contributed by atoms with Gasteiger partial charge >= 0.3 is 0 Å². The molecule has 0 aliphatic carbocycles. The maximum absolute atomic E-state index is 14.0. The Hall–Kier alpha value is -2.80. The average Bonchev–Trinajstić information content (AvgIpc) is 2.83. The Labute approximate surface area is 144 Å². The van der Waals surface area contributed by atoms with Crippen molar-refractivity contribution < 1.29 is 9.18 Å². The van der Waals surface area contributed by atoms with E-state index in [9.17, 15) is 9.18 Å². The number of halogens is 1. The molecule has 0 saturated heterocycles. The summed E-state index contributed by atoms with van der Waals surface area (Å²) in [5, 5.41) is 11.3. The molecule has 6 nitrogen and oxygen atoms in total. The number of carbonyl (C=O) groups excluding carboxylic acids is 1. The van der Waals surface area contributed by atoms with Crippen LogP contribution in [0.4, 0.5) is 10.2 Å². The van der Waals surface area contributed by atoms with E-state index in [0.717, 1.165) is 36.0 Å². The number of hydrogen-bond acceptors (Lipinski definition) is 4.